The van der Waals surface area contributed by atoms with Gasteiger partial charge in [-0.2, -0.15) is 0 Å². The fourth-order valence-corrected chi connectivity index (χ4v) is 2.26. The van der Waals surface area contributed by atoms with E-state index in [9.17, 15) is 4.79 Å². The van der Waals surface area contributed by atoms with Gasteiger partial charge in [-0.3, -0.25) is 4.79 Å². The maximum atomic E-state index is 11.2. The largest absolute Gasteiger partial charge is 0.481 e. The normalized spacial score (nSPS) is 12.4. The second-order valence-corrected chi connectivity index (χ2v) is 4.68. The predicted molar refractivity (Wildman–Crippen MR) is 75.5 cm³/mol. The van der Waals surface area contributed by atoms with Crippen LogP contribution in [0.25, 0.3) is 22.2 Å². The van der Waals surface area contributed by atoms with Crippen molar-refractivity contribution in [3.63, 3.8) is 0 Å². The van der Waals surface area contributed by atoms with Gasteiger partial charge in [-0.25, -0.2) is 0 Å². The van der Waals surface area contributed by atoms with Gasteiger partial charge in [0.2, 0.25) is 0 Å². The zero-order valence-electron chi connectivity index (χ0n) is 10.9. The first-order valence-electron chi connectivity index (χ1n) is 6.35. The number of benzene rings is 2. The molecule has 0 aliphatic rings. The van der Waals surface area contributed by atoms with E-state index in [0.717, 1.165) is 16.6 Å². The van der Waals surface area contributed by atoms with Gasteiger partial charge in [0.1, 0.15) is 5.69 Å². The number of nitrogens with zero attached hydrogens (tertiary/aromatic N) is 1. The summed E-state index contributed by atoms with van der Waals surface area (Å²) in [5, 5.41) is 14.1. The molecule has 3 rings (SSSR count). The first-order valence-corrected chi connectivity index (χ1v) is 6.35. The predicted octanol–water partition coefficient (Wildman–Crippen LogP) is 3.68. The molecule has 0 unspecified atom stereocenters. The smallest absolute Gasteiger partial charge is 0.310 e. The fourth-order valence-electron chi connectivity index (χ4n) is 2.26. The molecule has 0 amide bonds. The molecule has 3 aromatic rings. The molecule has 100 valence electrons. The SMILES string of the molecule is C[C@@H](C(=O)O)c1cccc2c(-c3ccccc3)noc12. The highest BCUT2D eigenvalue weighted by atomic mass is 16.5. The topological polar surface area (TPSA) is 63.3 Å². The monoisotopic (exact) mass is 267 g/mol. The molecular weight excluding hydrogens is 254 g/mol. The van der Waals surface area contributed by atoms with Crippen LogP contribution < -0.4 is 0 Å². The Balaban J connectivity index is 2.20. The average molecular weight is 267 g/mol. The third-order valence-corrected chi connectivity index (χ3v) is 3.41. The van der Waals surface area contributed by atoms with Crippen LogP contribution in [-0.2, 0) is 4.79 Å². The zero-order chi connectivity index (χ0) is 14.1. The van der Waals surface area contributed by atoms with Crippen LogP contribution in [0, 0.1) is 0 Å². The molecule has 0 aliphatic carbocycles. The summed E-state index contributed by atoms with van der Waals surface area (Å²) in [5.74, 6) is -1.51. The molecule has 0 radical (unpaired) electrons. The molecule has 2 aromatic carbocycles. The van der Waals surface area contributed by atoms with Crippen molar-refractivity contribution in [1.82, 2.24) is 5.16 Å². The lowest BCUT2D eigenvalue weighted by atomic mass is 9.98. The molecule has 1 aromatic heterocycles. The molecule has 1 atom stereocenters. The highest BCUT2D eigenvalue weighted by Gasteiger charge is 2.20. The number of rotatable bonds is 3. The Morgan fingerprint density at radius 2 is 1.90 bits per heavy atom. The van der Waals surface area contributed by atoms with E-state index in [4.69, 9.17) is 9.63 Å². The van der Waals surface area contributed by atoms with E-state index in [2.05, 4.69) is 5.16 Å². The van der Waals surface area contributed by atoms with E-state index in [0.29, 0.717) is 11.1 Å². The van der Waals surface area contributed by atoms with E-state index in [1.54, 1.807) is 13.0 Å². The molecule has 20 heavy (non-hydrogen) atoms. The summed E-state index contributed by atoms with van der Waals surface area (Å²) in [7, 11) is 0. The Morgan fingerprint density at radius 1 is 1.15 bits per heavy atom. The Hall–Kier alpha value is -2.62. The molecule has 0 saturated carbocycles. The summed E-state index contributed by atoms with van der Waals surface area (Å²) in [6.45, 7) is 1.64. The highest BCUT2D eigenvalue weighted by molar-refractivity contribution is 5.95. The van der Waals surface area contributed by atoms with Crippen LogP contribution in [0.1, 0.15) is 18.4 Å². The van der Waals surface area contributed by atoms with Crippen LogP contribution in [0.15, 0.2) is 53.1 Å². The van der Waals surface area contributed by atoms with Crippen LogP contribution >= 0.6 is 0 Å². The van der Waals surface area contributed by atoms with E-state index in [1.165, 1.54) is 0 Å². The van der Waals surface area contributed by atoms with Gasteiger partial charge in [0.05, 0.1) is 11.3 Å². The van der Waals surface area contributed by atoms with Crippen molar-refractivity contribution in [2.45, 2.75) is 12.8 Å². The number of para-hydroxylation sites is 1. The Kier molecular flexibility index (Phi) is 2.99. The second kappa shape index (κ2) is 4.81. The second-order valence-electron chi connectivity index (χ2n) is 4.68. The van der Waals surface area contributed by atoms with Crippen molar-refractivity contribution >= 4 is 16.9 Å². The number of aliphatic carboxylic acids is 1. The summed E-state index contributed by atoms with van der Waals surface area (Å²) in [6, 6.07) is 15.2. The van der Waals surface area contributed by atoms with Crippen molar-refractivity contribution < 1.29 is 14.4 Å². The van der Waals surface area contributed by atoms with Crippen LogP contribution in [0.3, 0.4) is 0 Å². The van der Waals surface area contributed by atoms with Gasteiger partial charge < -0.3 is 9.63 Å². The summed E-state index contributed by atoms with van der Waals surface area (Å²) >= 11 is 0. The minimum absolute atomic E-state index is 0.543. The Labute approximate surface area is 115 Å². The number of aromatic nitrogens is 1. The summed E-state index contributed by atoms with van der Waals surface area (Å²) in [6.07, 6.45) is 0. The molecule has 1 heterocycles. The highest BCUT2D eigenvalue weighted by Crippen LogP contribution is 2.32. The average Bonchev–Trinajstić information content (AvgIpc) is 2.91. The number of fused-ring (bicyclic) bond motifs is 1. The third kappa shape index (κ3) is 1.95. The van der Waals surface area contributed by atoms with E-state index in [1.807, 2.05) is 42.5 Å². The van der Waals surface area contributed by atoms with E-state index >= 15 is 0 Å². The van der Waals surface area contributed by atoms with Gasteiger partial charge in [-0.1, -0.05) is 47.6 Å². The maximum Gasteiger partial charge on any atom is 0.310 e. The van der Waals surface area contributed by atoms with E-state index in [-0.39, 0.29) is 0 Å². The van der Waals surface area contributed by atoms with Gasteiger partial charge in [0.15, 0.2) is 5.58 Å². The minimum Gasteiger partial charge on any atom is -0.481 e. The van der Waals surface area contributed by atoms with Crippen LogP contribution in [0.2, 0.25) is 0 Å². The van der Waals surface area contributed by atoms with Crippen LogP contribution in [-0.4, -0.2) is 16.2 Å². The number of hydrogen-bond acceptors (Lipinski definition) is 3. The van der Waals surface area contributed by atoms with Crippen LogP contribution in [0.5, 0.6) is 0 Å². The van der Waals surface area contributed by atoms with Crippen molar-refractivity contribution in [3.05, 3.63) is 54.1 Å². The third-order valence-electron chi connectivity index (χ3n) is 3.41. The fraction of sp³-hybridized carbons (Fsp3) is 0.125. The van der Waals surface area contributed by atoms with E-state index < -0.39 is 11.9 Å². The molecular formula is C16H13NO3. The van der Waals surface area contributed by atoms with Gasteiger partial charge in [0.25, 0.3) is 0 Å². The summed E-state index contributed by atoms with van der Waals surface area (Å²) in [4.78, 5) is 11.2. The standard InChI is InChI=1S/C16H13NO3/c1-10(16(18)19)12-8-5-9-13-14(17-20-15(12)13)11-6-3-2-4-7-11/h2-10H,1H3,(H,18,19)/t10-/m1/s1. The van der Waals surface area contributed by atoms with Gasteiger partial charge in [-0.05, 0) is 13.0 Å². The number of carbonyl (C=O) groups is 1. The molecule has 0 aliphatic heterocycles. The summed E-state index contributed by atoms with van der Waals surface area (Å²) in [5.41, 5.74) is 2.87. The molecule has 0 bridgehead atoms. The Bertz CT molecular complexity index is 762. The zero-order valence-corrected chi connectivity index (χ0v) is 10.9. The molecule has 0 fully saturated rings. The Morgan fingerprint density at radius 3 is 2.60 bits per heavy atom. The van der Waals surface area contributed by atoms with Crippen LogP contribution in [0.4, 0.5) is 0 Å². The maximum absolute atomic E-state index is 11.2. The van der Waals surface area contributed by atoms with Gasteiger partial charge >= 0.3 is 5.97 Å². The lowest BCUT2D eigenvalue weighted by Crippen LogP contribution is -2.07. The summed E-state index contributed by atoms with van der Waals surface area (Å²) < 4.78 is 5.39. The van der Waals surface area contributed by atoms with Crippen molar-refractivity contribution in [2.75, 3.05) is 0 Å². The number of carboxylic acids is 1. The first kappa shape index (κ1) is 12.4. The molecule has 4 heteroatoms. The number of hydrogen-bond donors (Lipinski definition) is 1. The lowest BCUT2D eigenvalue weighted by molar-refractivity contribution is -0.138. The van der Waals surface area contributed by atoms with Gasteiger partial charge in [0, 0.05) is 11.1 Å². The molecule has 1 N–H and O–H groups in total. The van der Waals surface area contributed by atoms with Crippen molar-refractivity contribution in [3.8, 4) is 11.3 Å². The minimum atomic E-state index is -0.879. The molecule has 0 saturated heterocycles. The van der Waals surface area contributed by atoms with Gasteiger partial charge in [-0.15, -0.1) is 0 Å². The van der Waals surface area contributed by atoms with Crippen molar-refractivity contribution in [1.29, 1.82) is 0 Å². The quantitative estimate of drug-likeness (QED) is 0.786. The lowest BCUT2D eigenvalue weighted by Gasteiger charge is -2.06. The molecule has 4 nitrogen and oxygen atoms in total. The first-order chi connectivity index (χ1) is 9.68. The van der Waals surface area contributed by atoms with Crippen molar-refractivity contribution in [2.24, 2.45) is 0 Å². The molecule has 0 spiro atoms. The number of carboxylic acid groups (broad SMARTS) is 1.